The molecule has 1 amide bonds. The van der Waals surface area contributed by atoms with Gasteiger partial charge in [0.1, 0.15) is 11.5 Å². The van der Waals surface area contributed by atoms with Crippen molar-refractivity contribution in [1.82, 2.24) is 9.88 Å². The van der Waals surface area contributed by atoms with Gasteiger partial charge in [-0.3, -0.25) is 4.79 Å². The number of carboxylic acids is 1. The Labute approximate surface area is 180 Å². The number of fused-ring (bicyclic) bond motifs is 2. The highest BCUT2D eigenvalue weighted by Crippen LogP contribution is 2.36. The molecule has 0 saturated heterocycles. The second kappa shape index (κ2) is 8.34. The van der Waals surface area contributed by atoms with Gasteiger partial charge >= 0.3 is 5.97 Å². The molecule has 2 atom stereocenters. The molecule has 2 N–H and O–H groups in total. The van der Waals surface area contributed by atoms with E-state index < -0.39 is 18.1 Å². The number of methoxy groups -OCH3 is 1. The highest BCUT2D eigenvalue weighted by atomic mass is 16.5. The van der Waals surface area contributed by atoms with Crippen LogP contribution >= 0.6 is 0 Å². The number of aromatic amines is 1. The first-order valence-corrected chi connectivity index (χ1v) is 10.3. The molecule has 162 valence electrons. The fraction of sp³-hybridized carbons (Fsp3) is 0.333. The van der Waals surface area contributed by atoms with Gasteiger partial charge in [0.05, 0.1) is 7.11 Å². The Balaban J connectivity index is 1.71. The first-order valence-electron chi connectivity index (χ1n) is 10.3. The highest BCUT2D eigenvalue weighted by molar-refractivity contribution is 5.89. The number of carboxylic acid groups (broad SMARTS) is 1. The van der Waals surface area contributed by atoms with Crippen molar-refractivity contribution in [2.24, 2.45) is 5.92 Å². The molecule has 7 heteroatoms. The van der Waals surface area contributed by atoms with E-state index >= 15 is 0 Å². The molecule has 0 fully saturated rings. The SMILES string of the molecule is COc1ccc2[nH]cc(CCN3C(=O)C(C(C)C)Oc4ccccc4C3C(=O)O)c2c1. The standard InChI is InChI=1S/C24H26N2O5/c1-14(2)22-23(27)26(21(24(28)29)17-6-4-5-7-20(17)31-22)11-10-15-13-25-19-9-8-16(30-3)12-18(15)19/h4-9,12-14,21-22,25H,10-11H2,1-3H3,(H,28,29). The van der Waals surface area contributed by atoms with E-state index in [1.54, 1.807) is 31.4 Å². The van der Waals surface area contributed by atoms with Crippen LogP contribution in [0.2, 0.25) is 0 Å². The van der Waals surface area contributed by atoms with Gasteiger partial charge in [-0.2, -0.15) is 0 Å². The summed E-state index contributed by atoms with van der Waals surface area (Å²) in [4.78, 5) is 30.4. The maximum Gasteiger partial charge on any atom is 0.331 e. The molecule has 7 nitrogen and oxygen atoms in total. The van der Waals surface area contributed by atoms with E-state index in [0.717, 1.165) is 22.2 Å². The first-order chi connectivity index (χ1) is 14.9. The first kappa shape index (κ1) is 20.8. The van der Waals surface area contributed by atoms with Gasteiger partial charge in [0.15, 0.2) is 12.1 Å². The number of hydrogen-bond acceptors (Lipinski definition) is 4. The van der Waals surface area contributed by atoms with Crippen LogP contribution in [0, 0.1) is 5.92 Å². The summed E-state index contributed by atoms with van der Waals surface area (Å²) in [7, 11) is 1.62. The molecule has 1 aliphatic heterocycles. The average Bonchev–Trinajstić information content (AvgIpc) is 3.10. The monoisotopic (exact) mass is 422 g/mol. The van der Waals surface area contributed by atoms with Gasteiger partial charge < -0.3 is 24.5 Å². The van der Waals surface area contributed by atoms with Crippen LogP contribution in [0.25, 0.3) is 10.9 Å². The quantitative estimate of drug-likeness (QED) is 0.631. The summed E-state index contributed by atoms with van der Waals surface area (Å²) >= 11 is 0. The molecule has 0 saturated carbocycles. The number of H-pyrrole nitrogens is 1. The van der Waals surface area contributed by atoms with Crippen molar-refractivity contribution in [3.8, 4) is 11.5 Å². The van der Waals surface area contributed by atoms with E-state index in [1.165, 1.54) is 4.90 Å². The Kier molecular flexibility index (Phi) is 5.59. The molecule has 2 aromatic carbocycles. The number of rotatable bonds is 6. The van der Waals surface area contributed by atoms with Crippen LogP contribution in [0.15, 0.2) is 48.7 Å². The summed E-state index contributed by atoms with van der Waals surface area (Å²) in [6, 6.07) is 11.6. The molecule has 4 rings (SSSR count). The number of hydrogen-bond donors (Lipinski definition) is 2. The van der Waals surface area contributed by atoms with Crippen LogP contribution in [-0.4, -0.2) is 46.6 Å². The molecule has 0 aliphatic carbocycles. The van der Waals surface area contributed by atoms with Gasteiger partial charge in [-0.25, -0.2) is 4.79 Å². The van der Waals surface area contributed by atoms with Crippen molar-refractivity contribution in [1.29, 1.82) is 0 Å². The summed E-state index contributed by atoms with van der Waals surface area (Å²) in [5, 5.41) is 11.0. The van der Waals surface area contributed by atoms with Gasteiger partial charge in [0, 0.05) is 29.2 Å². The van der Waals surface area contributed by atoms with E-state index in [0.29, 0.717) is 17.7 Å². The molecule has 0 bridgehead atoms. The molecule has 1 aliphatic rings. The zero-order valence-corrected chi connectivity index (χ0v) is 17.8. The number of nitrogens with zero attached hydrogens (tertiary/aromatic N) is 1. The minimum atomic E-state index is -1.10. The van der Waals surface area contributed by atoms with Crippen LogP contribution in [-0.2, 0) is 16.0 Å². The zero-order valence-electron chi connectivity index (χ0n) is 17.8. The number of carbonyl (C=O) groups excluding carboxylic acids is 1. The summed E-state index contributed by atoms with van der Waals surface area (Å²) in [6.07, 6.45) is 1.65. The summed E-state index contributed by atoms with van der Waals surface area (Å²) in [5.41, 5.74) is 2.44. The van der Waals surface area contributed by atoms with Crippen LogP contribution in [0.3, 0.4) is 0 Å². The van der Waals surface area contributed by atoms with Crippen LogP contribution in [0.4, 0.5) is 0 Å². The maximum atomic E-state index is 13.4. The molecule has 0 radical (unpaired) electrons. The van der Waals surface area contributed by atoms with E-state index in [4.69, 9.17) is 9.47 Å². The van der Waals surface area contributed by atoms with Gasteiger partial charge in [-0.05, 0) is 42.2 Å². The van der Waals surface area contributed by atoms with Crippen LogP contribution < -0.4 is 9.47 Å². The molecule has 2 heterocycles. The number of para-hydroxylation sites is 1. The summed E-state index contributed by atoms with van der Waals surface area (Å²) in [6.45, 7) is 4.05. The smallest absolute Gasteiger partial charge is 0.331 e. The van der Waals surface area contributed by atoms with Crippen molar-refractivity contribution < 1.29 is 24.2 Å². The lowest BCUT2D eigenvalue weighted by molar-refractivity contribution is -0.153. The fourth-order valence-corrected chi connectivity index (χ4v) is 4.12. The van der Waals surface area contributed by atoms with Gasteiger partial charge in [0.2, 0.25) is 0 Å². The lowest BCUT2D eigenvalue weighted by Crippen LogP contribution is -2.46. The number of aromatic nitrogens is 1. The van der Waals surface area contributed by atoms with Gasteiger partial charge in [-0.1, -0.05) is 32.0 Å². The van der Waals surface area contributed by atoms with E-state index in [-0.39, 0.29) is 18.4 Å². The minimum Gasteiger partial charge on any atom is -0.497 e. The third-order valence-electron chi connectivity index (χ3n) is 5.74. The lowest BCUT2D eigenvalue weighted by Gasteiger charge is -2.29. The van der Waals surface area contributed by atoms with Crippen molar-refractivity contribution in [3.05, 3.63) is 59.8 Å². The predicted octanol–water partition coefficient (Wildman–Crippen LogP) is 3.79. The second-order valence-corrected chi connectivity index (χ2v) is 8.07. The molecule has 2 unspecified atom stereocenters. The highest BCUT2D eigenvalue weighted by Gasteiger charge is 2.41. The zero-order chi connectivity index (χ0) is 22.1. The second-order valence-electron chi connectivity index (χ2n) is 8.07. The number of benzene rings is 2. The van der Waals surface area contributed by atoms with Crippen molar-refractivity contribution in [3.63, 3.8) is 0 Å². The molecule has 1 aromatic heterocycles. The number of aliphatic carboxylic acids is 1. The molecular weight excluding hydrogens is 396 g/mol. The average molecular weight is 422 g/mol. The summed E-state index contributed by atoms with van der Waals surface area (Å²) < 4.78 is 11.3. The molecule has 31 heavy (non-hydrogen) atoms. The normalized spacial score (nSPS) is 18.6. The molecule has 0 spiro atoms. The Morgan fingerprint density at radius 1 is 1.26 bits per heavy atom. The lowest BCUT2D eigenvalue weighted by atomic mass is 10.0. The van der Waals surface area contributed by atoms with Crippen LogP contribution in [0.1, 0.15) is 31.0 Å². The number of amides is 1. The van der Waals surface area contributed by atoms with E-state index in [2.05, 4.69) is 4.98 Å². The predicted molar refractivity (Wildman–Crippen MR) is 116 cm³/mol. The third kappa shape index (κ3) is 3.83. The Bertz CT molecular complexity index is 1120. The fourth-order valence-electron chi connectivity index (χ4n) is 4.12. The van der Waals surface area contributed by atoms with E-state index in [9.17, 15) is 14.7 Å². The number of ether oxygens (including phenoxy) is 2. The number of nitrogens with one attached hydrogen (secondary N) is 1. The van der Waals surface area contributed by atoms with Crippen molar-refractivity contribution >= 4 is 22.8 Å². The molecule has 3 aromatic rings. The minimum absolute atomic E-state index is 0.104. The Morgan fingerprint density at radius 2 is 2.03 bits per heavy atom. The third-order valence-corrected chi connectivity index (χ3v) is 5.74. The maximum absolute atomic E-state index is 13.4. The molecular formula is C24H26N2O5. The topological polar surface area (TPSA) is 91.9 Å². The Morgan fingerprint density at radius 3 is 2.74 bits per heavy atom. The van der Waals surface area contributed by atoms with Gasteiger partial charge in [-0.15, -0.1) is 0 Å². The largest absolute Gasteiger partial charge is 0.497 e. The van der Waals surface area contributed by atoms with Crippen LogP contribution in [0.5, 0.6) is 11.5 Å². The summed E-state index contributed by atoms with van der Waals surface area (Å²) in [5.74, 6) is -0.301. The van der Waals surface area contributed by atoms with Crippen molar-refractivity contribution in [2.45, 2.75) is 32.4 Å². The van der Waals surface area contributed by atoms with Crippen molar-refractivity contribution in [2.75, 3.05) is 13.7 Å². The Hall–Kier alpha value is -3.48. The van der Waals surface area contributed by atoms with Gasteiger partial charge in [0.25, 0.3) is 5.91 Å². The number of carbonyl (C=O) groups is 2. The van der Waals surface area contributed by atoms with E-state index in [1.807, 2.05) is 38.2 Å².